The first-order valence-corrected chi connectivity index (χ1v) is 32.1. The van der Waals surface area contributed by atoms with Gasteiger partial charge >= 0.3 is 7.82 Å². The lowest BCUT2D eigenvalue weighted by Crippen LogP contribution is -2.45. The molecule has 0 aliphatic rings. The highest BCUT2D eigenvalue weighted by atomic mass is 31.2. The van der Waals surface area contributed by atoms with Gasteiger partial charge in [-0.15, -0.1) is 0 Å². The molecule has 0 saturated heterocycles. The Bertz CT molecular complexity index is 1700. The van der Waals surface area contributed by atoms with Crippen LogP contribution >= 0.6 is 7.82 Å². The molecule has 0 rings (SSSR count). The average molecular weight is 1080 g/mol. The van der Waals surface area contributed by atoms with E-state index in [0.29, 0.717) is 17.4 Å². The summed E-state index contributed by atoms with van der Waals surface area (Å²) in [5.74, 6) is -0.195. The number of nitrogens with one attached hydrogen (secondary N) is 1. The second kappa shape index (κ2) is 56.4. The van der Waals surface area contributed by atoms with E-state index in [1.165, 1.54) is 116 Å². The van der Waals surface area contributed by atoms with Crippen molar-refractivity contribution < 1.29 is 32.9 Å². The van der Waals surface area contributed by atoms with Crippen molar-refractivity contribution in [1.82, 2.24) is 5.32 Å². The summed E-state index contributed by atoms with van der Waals surface area (Å²) in [5, 5.41) is 13.9. The van der Waals surface area contributed by atoms with Crippen molar-refractivity contribution in [3.63, 3.8) is 0 Å². The number of likely N-dealkylation sites (N-methyl/N-ethyl adjacent to an activating group) is 1. The maximum absolute atomic E-state index is 13.0. The monoisotopic (exact) mass is 1080 g/mol. The molecule has 434 valence electrons. The van der Waals surface area contributed by atoms with Crippen LogP contribution in [0.25, 0.3) is 0 Å². The van der Waals surface area contributed by atoms with Gasteiger partial charge in [-0.2, -0.15) is 0 Å². The Hall–Kier alpha value is -3.36. The van der Waals surface area contributed by atoms with Crippen LogP contribution in [0.5, 0.6) is 0 Å². The highest BCUT2D eigenvalue weighted by molar-refractivity contribution is 7.47. The normalized spacial score (nSPS) is 14.8. The predicted octanol–water partition coefficient (Wildman–Crippen LogP) is 19.1. The minimum absolute atomic E-state index is 0.0498. The summed E-state index contributed by atoms with van der Waals surface area (Å²) >= 11 is 0. The molecule has 0 bridgehead atoms. The summed E-state index contributed by atoms with van der Waals surface area (Å²) in [6.45, 7) is 4.66. The molecule has 0 aliphatic carbocycles. The summed E-state index contributed by atoms with van der Waals surface area (Å²) in [4.78, 5) is 23.3. The number of hydrogen-bond acceptors (Lipinski definition) is 5. The van der Waals surface area contributed by atoms with E-state index in [0.717, 1.165) is 96.3 Å². The van der Waals surface area contributed by atoms with E-state index in [9.17, 15) is 19.4 Å². The Labute approximate surface area is 468 Å². The van der Waals surface area contributed by atoms with Crippen LogP contribution in [-0.4, -0.2) is 73.4 Å². The lowest BCUT2D eigenvalue weighted by molar-refractivity contribution is -0.870. The second-order valence-electron chi connectivity index (χ2n) is 21.3. The minimum atomic E-state index is -4.36. The van der Waals surface area contributed by atoms with Crippen LogP contribution in [0.3, 0.4) is 0 Å². The van der Waals surface area contributed by atoms with Crippen molar-refractivity contribution >= 4 is 13.7 Å². The summed E-state index contributed by atoms with van der Waals surface area (Å²) < 4.78 is 23.7. The number of aliphatic hydroxyl groups is 1. The van der Waals surface area contributed by atoms with Crippen LogP contribution in [0.4, 0.5) is 0 Å². The molecular weight excluding hydrogens is 960 g/mol. The molecule has 0 aliphatic heterocycles. The molecule has 0 radical (unpaired) electrons. The van der Waals surface area contributed by atoms with Gasteiger partial charge in [-0.25, -0.2) is 4.57 Å². The quantitative estimate of drug-likeness (QED) is 0.0243. The van der Waals surface area contributed by atoms with E-state index in [4.69, 9.17) is 9.05 Å². The average Bonchev–Trinajstić information content (AvgIpc) is 3.38. The molecule has 8 nitrogen and oxygen atoms in total. The Morgan fingerprint density at radius 1 is 0.461 bits per heavy atom. The molecule has 3 unspecified atom stereocenters. The fourth-order valence-electron chi connectivity index (χ4n) is 8.11. The van der Waals surface area contributed by atoms with Gasteiger partial charge < -0.3 is 19.8 Å². The van der Waals surface area contributed by atoms with Gasteiger partial charge in [0.1, 0.15) is 13.2 Å². The molecule has 3 N–H and O–H groups in total. The van der Waals surface area contributed by atoms with E-state index in [1.807, 2.05) is 27.2 Å². The van der Waals surface area contributed by atoms with Gasteiger partial charge in [0.2, 0.25) is 5.91 Å². The molecule has 0 aromatic carbocycles. The number of hydrogen-bond donors (Lipinski definition) is 3. The maximum atomic E-state index is 13.0. The van der Waals surface area contributed by atoms with Crippen molar-refractivity contribution in [1.29, 1.82) is 0 Å². The molecule has 0 saturated carbocycles. The fraction of sp³-hybridized carbons (Fsp3) is 0.657. The fourth-order valence-corrected chi connectivity index (χ4v) is 8.84. The van der Waals surface area contributed by atoms with Crippen LogP contribution in [0.1, 0.15) is 232 Å². The van der Waals surface area contributed by atoms with Gasteiger partial charge in [0, 0.05) is 6.42 Å². The van der Waals surface area contributed by atoms with E-state index >= 15 is 0 Å². The third-order valence-corrected chi connectivity index (χ3v) is 13.8. The molecule has 3 atom stereocenters. The Morgan fingerprint density at radius 2 is 0.803 bits per heavy atom. The van der Waals surface area contributed by atoms with Crippen LogP contribution in [0.15, 0.2) is 134 Å². The van der Waals surface area contributed by atoms with Crippen molar-refractivity contribution in [2.45, 2.75) is 244 Å². The molecule has 0 aromatic rings. The largest absolute Gasteiger partial charge is 0.472 e. The SMILES string of the molecule is CC/C=C\C/C=C\C/C=C\C/C=C\C/C=C\C/C=C\C/C=C\C/C=C\C/C=C\CCCCCCCCCCCCCC(=O)NC(COP(=O)(O)OCC[N+](C)(C)C)C(O)/C=C/CC/C=C/CCCCCCCCCCC. The van der Waals surface area contributed by atoms with Crippen LogP contribution < -0.4 is 5.32 Å². The van der Waals surface area contributed by atoms with Gasteiger partial charge in [-0.05, 0) is 103 Å². The van der Waals surface area contributed by atoms with Crippen LogP contribution in [0.2, 0.25) is 0 Å². The Morgan fingerprint density at radius 3 is 1.21 bits per heavy atom. The third-order valence-electron chi connectivity index (χ3n) is 12.9. The molecule has 76 heavy (non-hydrogen) atoms. The van der Waals surface area contributed by atoms with E-state index in [1.54, 1.807) is 6.08 Å². The standard InChI is InChI=1S/C67H115N2O6P/c1-6-8-10-12-14-16-18-20-22-23-24-25-26-27-28-29-30-31-32-33-34-35-36-37-38-39-40-41-42-43-44-45-47-49-51-53-55-57-59-61-67(71)68-65(64-75-76(72,73)74-63-62-69(3,4)5)66(70)60-58-56-54-52-50-48-46-21-19-17-15-13-11-9-7-2/h8,10,14,16,20,22,24-25,27-28,30-31,33-34,36-37,39-40,50,52,58,60,65-66,70H,6-7,9,11-13,15,17-19,21,23,26,29,32,35,38,41-49,51,53-57,59,61-64H2,1-5H3,(H-,68,71,72,73)/p+1/b10-8-,16-14-,22-20-,25-24-,28-27-,31-30-,34-33-,37-36-,40-39-,52-50+,60-58+. The van der Waals surface area contributed by atoms with Crippen molar-refractivity contribution in [2.75, 3.05) is 40.9 Å². The van der Waals surface area contributed by atoms with Gasteiger partial charge in [-0.1, -0.05) is 257 Å². The number of allylic oxidation sites excluding steroid dienone is 21. The number of aliphatic hydroxyl groups excluding tert-OH is 1. The number of phosphoric acid groups is 1. The van der Waals surface area contributed by atoms with Gasteiger partial charge in [-0.3, -0.25) is 13.8 Å². The Kier molecular flexibility index (Phi) is 53.9. The lowest BCUT2D eigenvalue weighted by Gasteiger charge is -2.25. The number of rotatable bonds is 54. The zero-order chi connectivity index (χ0) is 55.6. The number of carbonyl (C=O) groups excluding carboxylic acids is 1. The molecule has 0 aromatic heterocycles. The minimum Gasteiger partial charge on any atom is -0.387 e. The zero-order valence-corrected chi connectivity index (χ0v) is 50.3. The number of unbranched alkanes of at least 4 members (excludes halogenated alkanes) is 21. The molecule has 0 heterocycles. The zero-order valence-electron chi connectivity index (χ0n) is 49.4. The first-order valence-electron chi connectivity index (χ1n) is 30.6. The maximum Gasteiger partial charge on any atom is 0.472 e. The topological polar surface area (TPSA) is 105 Å². The summed E-state index contributed by atoms with van der Waals surface area (Å²) in [7, 11) is 1.54. The van der Waals surface area contributed by atoms with Gasteiger partial charge in [0.15, 0.2) is 0 Å². The van der Waals surface area contributed by atoms with E-state index < -0.39 is 20.0 Å². The summed E-state index contributed by atoms with van der Waals surface area (Å²) in [6, 6.07) is -0.873. The number of phosphoric ester groups is 1. The number of amides is 1. The molecule has 0 fully saturated rings. The molecular formula is C67H116N2O6P+. The highest BCUT2D eigenvalue weighted by Crippen LogP contribution is 2.43. The first kappa shape index (κ1) is 72.6. The third kappa shape index (κ3) is 58.3. The predicted molar refractivity (Wildman–Crippen MR) is 331 cm³/mol. The van der Waals surface area contributed by atoms with Gasteiger partial charge in [0.05, 0.1) is 39.9 Å². The Balaban J connectivity index is 4.12. The smallest absolute Gasteiger partial charge is 0.387 e. The van der Waals surface area contributed by atoms with Crippen molar-refractivity contribution in [3.8, 4) is 0 Å². The molecule has 9 heteroatoms. The van der Waals surface area contributed by atoms with Crippen molar-refractivity contribution in [3.05, 3.63) is 134 Å². The van der Waals surface area contributed by atoms with E-state index in [2.05, 4.69) is 141 Å². The first-order chi connectivity index (χ1) is 37.0. The highest BCUT2D eigenvalue weighted by Gasteiger charge is 2.27. The molecule has 1 amide bonds. The molecule has 0 spiro atoms. The number of carbonyl (C=O) groups is 1. The summed E-state index contributed by atoms with van der Waals surface area (Å²) in [5.41, 5.74) is 0. The van der Waals surface area contributed by atoms with E-state index in [-0.39, 0.29) is 19.1 Å². The number of nitrogens with zero attached hydrogens (tertiary/aromatic N) is 1. The lowest BCUT2D eigenvalue weighted by atomic mass is 10.0. The van der Waals surface area contributed by atoms with Crippen molar-refractivity contribution in [2.24, 2.45) is 0 Å². The summed E-state index contributed by atoms with van der Waals surface area (Å²) in [6.07, 6.45) is 85.7. The second-order valence-corrected chi connectivity index (χ2v) is 22.8. The number of quaternary nitrogens is 1. The van der Waals surface area contributed by atoms with Crippen LogP contribution in [-0.2, 0) is 18.4 Å². The van der Waals surface area contributed by atoms with Crippen LogP contribution in [0, 0.1) is 0 Å². The van der Waals surface area contributed by atoms with Gasteiger partial charge in [0.25, 0.3) is 0 Å².